The van der Waals surface area contributed by atoms with Crippen LogP contribution >= 0.6 is 0 Å². The molecule has 0 aliphatic carbocycles. The first-order valence-corrected chi connectivity index (χ1v) is 3.34. The smallest absolute Gasteiger partial charge is 0.372 e. The molecule has 0 fully saturated rings. The zero-order chi connectivity index (χ0) is 8.59. The Morgan fingerprint density at radius 3 is 2.00 bits per heavy atom. The molecule has 0 aliphatic heterocycles. The van der Waals surface area contributed by atoms with Crippen molar-refractivity contribution in [3.8, 4) is 0 Å². The molecule has 60 valence electrons. The minimum atomic E-state index is -1.00. The van der Waals surface area contributed by atoms with Crippen LogP contribution in [0.25, 0.3) is 0 Å². The predicted molar refractivity (Wildman–Crippen MR) is 39.9 cm³/mol. The standard InChI is InChI=1S/C8H10O3/c1-4-5(2)7(8(9)10)11-6(4)3/h1-3H3,(H,9,10). The van der Waals surface area contributed by atoms with Crippen LogP contribution in [0, 0.1) is 20.8 Å². The summed E-state index contributed by atoms with van der Waals surface area (Å²) in [6.07, 6.45) is 0. The molecule has 3 heteroatoms. The molecule has 3 nitrogen and oxygen atoms in total. The van der Waals surface area contributed by atoms with Crippen LogP contribution in [0.15, 0.2) is 4.42 Å². The van der Waals surface area contributed by atoms with Crippen molar-refractivity contribution >= 4 is 5.97 Å². The highest BCUT2D eigenvalue weighted by molar-refractivity contribution is 5.86. The molecular weight excluding hydrogens is 144 g/mol. The molecule has 0 aliphatic rings. The fourth-order valence-electron chi connectivity index (χ4n) is 0.945. The second kappa shape index (κ2) is 2.42. The first-order valence-electron chi connectivity index (χ1n) is 3.34. The summed E-state index contributed by atoms with van der Waals surface area (Å²) in [7, 11) is 0. The summed E-state index contributed by atoms with van der Waals surface area (Å²) >= 11 is 0. The van der Waals surface area contributed by atoms with Gasteiger partial charge in [-0.25, -0.2) is 4.79 Å². The van der Waals surface area contributed by atoms with Crippen molar-refractivity contribution in [3.63, 3.8) is 0 Å². The van der Waals surface area contributed by atoms with Gasteiger partial charge in [-0.2, -0.15) is 0 Å². The monoisotopic (exact) mass is 154 g/mol. The van der Waals surface area contributed by atoms with Gasteiger partial charge < -0.3 is 9.52 Å². The van der Waals surface area contributed by atoms with Crippen molar-refractivity contribution in [2.45, 2.75) is 20.8 Å². The molecule has 0 bridgehead atoms. The number of rotatable bonds is 1. The normalized spacial score (nSPS) is 10.1. The molecule has 0 saturated heterocycles. The van der Waals surface area contributed by atoms with E-state index in [1.165, 1.54) is 0 Å². The molecule has 0 spiro atoms. The minimum absolute atomic E-state index is 0.0556. The first-order chi connectivity index (χ1) is 5.04. The Bertz CT molecular complexity index is 297. The van der Waals surface area contributed by atoms with E-state index < -0.39 is 5.97 Å². The van der Waals surface area contributed by atoms with E-state index in [0.29, 0.717) is 5.76 Å². The number of hydrogen-bond acceptors (Lipinski definition) is 2. The summed E-state index contributed by atoms with van der Waals surface area (Å²) < 4.78 is 5.01. The van der Waals surface area contributed by atoms with Crippen LogP contribution in [0.5, 0.6) is 0 Å². The highest BCUT2D eigenvalue weighted by Gasteiger charge is 2.15. The molecule has 0 amide bonds. The van der Waals surface area contributed by atoms with E-state index >= 15 is 0 Å². The number of aryl methyl sites for hydroxylation is 1. The van der Waals surface area contributed by atoms with Crippen LogP contribution < -0.4 is 0 Å². The van der Waals surface area contributed by atoms with Crippen molar-refractivity contribution in [1.29, 1.82) is 0 Å². The van der Waals surface area contributed by atoms with Crippen molar-refractivity contribution in [3.05, 3.63) is 22.6 Å². The predicted octanol–water partition coefficient (Wildman–Crippen LogP) is 1.90. The first kappa shape index (κ1) is 7.85. The Balaban J connectivity index is 3.29. The lowest BCUT2D eigenvalue weighted by Gasteiger charge is -1.87. The second-order valence-electron chi connectivity index (χ2n) is 2.54. The average Bonchev–Trinajstić information content (AvgIpc) is 2.17. The molecule has 0 aromatic carbocycles. The lowest BCUT2D eigenvalue weighted by Crippen LogP contribution is -1.95. The Morgan fingerprint density at radius 2 is 1.82 bits per heavy atom. The lowest BCUT2D eigenvalue weighted by molar-refractivity contribution is 0.0660. The van der Waals surface area contributed by atoms with Crippen LogP contribution in [-0.4, -0.2) is 11.1 Å². The van der Waals surface area contributed by atoms with Crippen molar-refractivity contribution < 1.29 is 14.3 Å². The van der Waals surface area contributed by atoms with Gasteiger partial charge in [0.15, 0.2) is 0 Å². The third-order valence-electron chi connectivity index (χ3n) is 1.88. The number of carboxylic acid groups (broad SMARTS) is 1. The summed E-state index contributed by atoms with van der Waals surface area (Å²) in [5, 5.41) is 8.61. The zero-order valence-corrected chi connectivity index (χ0v) is 6.76. The molecule has 1 N–H and O–H groups in total. The highest BCUT2D eigenvalue weighted by atomic mass is 16.4. The van der Waals surface area contributed by atoms with E-state index in [0.717, 1.165) is 11.1 Å². The molecule has 1 aromatic rings. The van der Waals surface area contributed by atoms with E-state index in [1.807, 2.05) is 6.92 Å². The molecule has 1 aromatic heterocycles. The third kappa shape index (κ3) is 1.13. The number of hydrogen-bond donors (Lipinski definition) is 1. The Hall–Kier alpha value is -1.25. The maximum atomic E-state index is 10.5. The van der Waals surface area contributed by atoms with Crippen molar-refractivity contribution in [1.82, 2.24) is 0 Å². The molecule has 0 saturated carbocycles. The van der Waals surface area contributed by atoms with Gasteiger partial charge in [-0.1, -0.05) is 0 Å². The number of furan rings is 1. The summed E-state index contributed by atoms with van der Waals surface area (Å²) in [6.45, 7) is 5.35. The van der Waals surface area contributed by atoms with Crippen LogP contribution in [0.4, 0.5) is 0 Å². The fraction of sp³-hybridized carbons (Fsp3) is 0.375. The fourth-order valence-corrected chi connectivity index (χ4v) is 0.945. The lowest BCUT2D eigenvalue weighted by atomic mass is 10.1. The van der Waals surface area contributed by atoms with Crippen LogP contribution in [0.3, 0.4) is 0 Å². The van der Waals surface area contributed by atoms with E-state index in [2.05, 4.69) is 0 Å². The maximum absolute atomic E-state index is 10.5. The Labute approximate surface area is 64.6 Å². The van der Waals surface area contributed by atoms with Gasteiger partial charge in [0.1, 0.15) is 5.76 Å². The quantitative estimate of drug-likeness (QED) is 0.672. The van der Waals surface area contributed by atoms with Crippen LogP contribution in [0.1, 0.15) is 27.4 Å². The van der Waals surface area contributed by atoms with E-state index in [-0.39, 0.29) is 5.76 Å². The van der Waals surface area contributed by atoms with Gasteiger partial charge in [0.25, 0.3) is 0 Å². The molecular formula is C8H10O3. The molecule has 0 radical (unpaired) electrons. The summed E-state index contributed by atoms with van der Waals surface area (Å²) in [4.78, 5) is 10.5. The average molecular weight is 154 g/mol. The molecule has 1 heterocycles. The SMILES string of the molecule is Cc1oc(C(=O)O)c(C)c1C. The Kier molecular flexibility index (Phi) is 1.72. The van der Waals surface area contributed by atoms with E-state index in [4.69, 9.17) is 9.52 Å². The second-order valence-corrected chi connectivity index (χ2v) is 2.54. The minimum Gasteiger partial charge on any atom is -0.475 e. The van der Waals surface area contributed by atoms with Gasteiger partial charge in [0.05, 0.1) is 0 Å². The zero-order valence-electron chi connectivity index (χ0n) is 6.76. The van der Waals surface area contributed by atoms with Gasteiger partial charge in [-0.05, 0) is 26.3 Å². The van der Waals surface area contributed by atoms with Gasteiger partial charge in [0, 0.05) is 5.56 Å². The number of aromatic carboxylic acids is 1. The molecule has 0 unspecified atom stereocenters. The summed E-state index contributed by atoms with van der Waals surface area (Å²) in [5.74, 6) is -0.265. The Morgan fingerprint density at radius 1 is 1.27 bits per heavy atom. The van der Waals surface area contributed by atoms with Crippen LogP contribution in [-0.2, 0) is 0 Å². The van der Waals surface area contributed by atoms with Gasteiger partial charge in [-0.3, -0.25) is 0 Å². The third-order valence-corrected chi connectivity index (χ3v) is 1.88. The van der Waals surface area contributed by atoms with Gasteiger partial charge in [0.2, 0.25) is 5.76 Å². The molecule has 11 heavy (non-hydrogen) atoms. The largest absolute Gasteiger partial charge is 0.475 e. The summed E-state index contributed by atoms with van der Waals surface area (Å²) in [6, 6.07) is 0. The van der Waals surface area contributed by atoms with Gasteiger partial charge in [-0.15, -0.1) is 0 Å². The number of carboxylic acids is 1. The van der Waals surface area contributed by atoms with Crippen molar-refractivity contribution in [2.24, 2.45) is 0 Å². The van der Waals surface area contributed by atoms with Crippen molar-refractivity contribution in [2.75, 3.05) is 0 Å². The van der Waals surface area contributed by atoms with Crippen LogP contribution in [0.2, 0.25) is 0 Å². The topological polar surface area (TPSA) is 50.4 Å². The maximum Gasteiger partial charge on any atom is 0.372 e. The van der Waals surface area contributed by atoms with Gasteiger partial charge >= 0.3 is 5.97 Å². The molecule has 1 rings (SSSR count). The van der Waals surface area contributed by atoms with E-state index in [1.54, 1.807) is 13.8 Å². The number of carbonyl (C=O) groups is 1. The van der Waals surface area contributed by atoms with E-state index in [9.17, 15) is 4.79 Å². The summed E-state index contributed by atoms with van der Waals surface area (Å²) in [5.41, 5.74) is 1.64. The molecule has 0 atom stereocenters. The highest BCUT2D eigenvalue weighted by Crippen LogP contribution is 2.19.